The second-order valence-electron chi connectivity index (χ2n) is 5.90. The van der Waals surface area contributed by atoms with Gasteiger partial charge in [0, 0.05) is 14.3 Å². The third-order valence-corrected chi connectivity index (χ3v) is 5.17. The summed E-state index contributed by atoms with van der Waals surface area (Å²) in [6.45, 7) is 0. The fraction of sp³-hybridized carbons (Fsp3) is 0.105. The van der Waals surface area contributed by atoms with Crippen LogP contribution in [0.1, 0.15) is 6.42 Å². The van der Waals surface area contributed by atoms with E-state index in [0.717, 1.165) is 8.47 Å². The zero-order valence-electron chi connectivity index (χ0n) is 14.3. The molecule has 1 heterocycles. The van der Waals surface area contributed by atoms with Gasteiger partial charge in [0.05, 0.1) is 17.7 Å². The second-order valence-corrected chi connectivity index (χ2v) is 7.50. The van der Waals surface area contributed by atoms with E-state index in [1.54, 1.807) is 48.5 Å². The van der Waals surface area contributed by atoms with Crippen molar-refractivity contribution in [3.05, 3.63) is 68.9 Å². The number of carbonyl (C=O) groups is 3. The van der Waals surface area contributed by atoms with Crippen molar-refractivity contribution in [3.8, 4) is 0 Å². The number of hydrogen-bond acceptors (Lipinski definition) is 5. The molecule has 1 unspecified atom stereocenters. The van der Waals surface area contributed by atoms with Crippen molar-refractivity contribution >= 4 is 63.5 Å². The quantitative estimate of drug-likeness (QED) is 0.353. The number of nitrogens with one attached hydrogen (secondary N) is 2. The number of halogens is 2. The van der Waals surface area contributed by atoms with Gasteiger partial charge in [0.15, 0.2) is 0 Å². The van der Waals surface area contributed by atoms with Gasteiger partial charge in [0.2, 0.25) is 0 Å². The van der Waals surface area contributed by atoms with E-state index in [0.29, 0.717) is 16.4 Å². The summed E-state index contributed by atoms with van der Waals surface area (Å²) in [5, 5.41) is 17.3. The number of aliphatic carboxylic acids is 1. The first kappa shape index (κ1) is 20.2. The van der Waals surface area contributed by atoms with Crippen LogP contribution in [-0.2, 0) is 9.59 Å². The highest BCUT2D eigenvalue weighted by Crippen LogP contribution is 2.24. The first-order valence-corrected chi connectivity index (χ1v) is 9.65. The summed E-state index contributed by atoms with van der Waals surface area (Å²) in [5.41, 5.74) is 0.979. The molecule has 2 aromatic carbocycles. The molecule has 1 fully saturated rings. The minimum atomic E-state index is -1.34. The maximum Gasteiger partial charge on any atom is 0.333 e. The third-order valence-electron chi connectivity index (χ3n) is 3.99. The Morgan fingerprint density at radius 2 is 1.96 bits per heavy atom. The van der Waals surface area contributed by atoms with Gasteiger partial charge in [-0.05, 0) is 59.3 Å². The molecule has 144 valence electrons. The lowest BCUT2D eigenvalue weighted by molar-refractivity contribution is -0.306. The maximum absolute atomic E-state index is 12.5. The molecular weight excluding hydrogens is 497 g/mol. The number of imide groups is 1. The van der Waals surface area contributed by atoms with Gasteiger partial charge in [-0.1, -0.05) is 35.9 Å². The number of nitrogens with zero attached hydrogens (tertiary/aromatic N) is 1. The zero-order chi connectivity index (χ0) is 20.3. The summed E-state index contributed by atoms with van der Waals surface area (Å²) >= 11 is 8.00. The zero-order valence-corrected chi connectivity index (χ0v) is 17.2. The van der Waals surface area contributed by atoms with Gasteiger partial charge in [0.1, 0.15) is 5.70 Å². The topological polar surface area (TPSA) is 102 Å². The number of carboxylic acid groups (broad SMARTS) is 1. The molecule has 1 aliphatic heterocycles. The van der Waals surface area contributed by atoms with Crippen molar-refractivity contribution in [2.24, 2.45) is 0 Å². The molecule has 7 nitrogen and oxygen atoms in total. The number of rotatable bonds is 6. The van der Waals surface area contributed by atoms with Crippen molar-refractivity contribution in [2.45, 2.75) is 12.5 Å². The van der Waals surface area contributed by atoms with Crippen molar-refractivity contribution < 1.29 is 19.5 Å². The van der Waals surface area contributed by atoms with Crippen LogP contribution in [0.5, 0.6) is 0 Å². The van der Waals surface area contributed by atoms with Crippen LogP contribution in [0.25, 0.3) is 0 Å². The Balaban J connectivity index is 1.77. The van der Waals surface area contributed by atoms with Gasteiger partial charge in [-0.2, -0.15) is 0 Å². The van der Waals surface area contributed by atoms with Crippen LogP contribution >= 0.6 is 34.2 Å². The van der Waals surface area contributed by atoms with Gasteiger partial charge in [0.25, 0.3) is 5.91 Å². The minimum Gasteiger partial charge on any atom is -0.548 e. The molecule has 0 radical (unpaired) electrons. The molecule has 28 heavy (non-hydrogen) atoms. The van der Waals surface area contributed by atoms with E-state index in [1.165, 1.54) is 6.08 Å². The lowest BCUT2D eigenvalue weighted by Gasteiger charge is -2.20. The molecular formula is C19H14ClIN3O4-. The number of carboxylic acids is 1. The van der Waals surface area contributed by atoms with Crippen molar-refractivity contribution in [3.63, 3.8) is 0 Å². The van der Waals surface area contributed by atoms with Crippen LogP contribution in [0.2, 0.25) is 5.02 Å². The number of urea groups is 1. The second kappa shape index (κ2) is 8.61. The Kier molecular flexibility index (Phi) is 6.20. The Morgan fingerprint density at radius 3 is 2.64 bits per heavy atom. The standard InChI is InChI=1S/C19H15ClIN3O4/c20-11-6-7-13(21)16(10-11)22-15(18(26)27)9-8-14-17(25)24(19(28)23-14)12-4-2-1-3-5-12/h1-8,10,15,22H,9H2,(H,23,28)(H,26,27)/p-1/b14-8-. The maximum atomic E-state index is 12.5. The molecule has 0 aromatic heterocycles. The number of benzene rings is 2. The largest absolute Gasteiger partial charge is 0.548 e. The van der Waals surface area contributed by atoms with Crippen LogP contribution in [0.15, 0.2) is 60.3 Å². The van der Waals surface area contributed by atoms with E-state index in [4.69, 9.17) is 11.6 Å². The van der Waals surface area contributed by atoms with Gasteiger partial charge in [-0.25, -0.2) is 9.69 Å². The molecule has 9 heteroatoms. The molecule has 3 rings (SSSR count). The van der Waals surface area contributed by atoms with E-state index in [-0.39, 0.29) is 12.1 Å². The highest BCUT2D eigenvalue weighted by Gasteiger charge is 2.34. The molecule has 1 aliphatic rings. The van der Waals surface area contributed by atoms with Gasteiger partial charge in [-0.15, -0.1) is 0 Å². The molecule has 0 bridgehead atoms. The summed E-state index contributed by atoms with van der Waals surface area (Å²) < 4.78 is 0.779. The number of para-hydroxylation sites is 1. The van der Waals surface area contributed by atoms with Crippen molar-refractivity contribution in [2.75, 3.05) is 10.2 Å². The molecule has 1 atom stereocenters. The van der Waals surface area contributed by atoms with Crippen LogP contribution in [0.3, 0.4) is 0 Å². The predicted molar refractivity (Wildman–Crippen MR) is 112 cm³/mol. The number of carbonyl (C=O) groups excluding carboxylic acids is 3. The van der Waals surface area contributed by atoms with Crippen molar-refractivity contribution in [1.29, 1.82) is 0 Å². The smallest absolute Gasteiger partial charge is 0.333 e. The average Bonchev–Trinajstić information content (AvgIpc) is 2.95. The fourth-order valence-electron chi connectivity index (χ4n) is 2.63. The van der Waals surface area contributed by atoms with E-state index >= 15 is 0 Å². The number of amides is 3. The lowest BCUT2D eigenvalue weighted by atomic mass is 10.1. The third kappa shape index (κ3) is 4.45. The number of hydrogen-bond donors (Lipinski definition) is 2. The predicted octanol–water partition coefficient (Wildman–Crippen LogP) is 2.51. The Bertz CT molecular complexity index is 965. The molecule has 3 amide bonds. The summed E-state index contributed by atoms with van der Waals surface area (Å²) in [4.78, 5) is 37.2. The van der Waals surface area contributed by atoms with Crippen LogP contribution in [-0.4, -0.2) is 23.9 Å². The van der Waals surface area contributed by atoms with E-state index in [1.807, 2.05) is 22.6 Å². The summed E-state index contributed by atoms with van der Waals surface area (Å²) in [6, 6.07) is 11.8. The molecule has 2 aromatic rings. The summed E-state index contributed by atoms with van der Waals surface area (Å²) in [7, 11) is 0. The SMILES string of the molecule is O=C([O-])C(C/C=C1\NC(=O)N(c2ccccc2)C1=O)Nc1cc(Cl)ccc1I. The average molecular weight is 511 g/mol. The van der Waals surface area contributed by atoms with Crippen LogP contribution < -0.4 is 20.6 Å². The molecule has 0 saturated carbocycles. The minimum absolute atomic E-state index is 0.0164. The van der Waals surface area contributed by atoms with Gasteiger partial charge >= 0.3 is 6.03 Å². The first-order chi connectivity index (χ1) is 13.4. The highest BCUT2D eigenvalue weighted by atomic mass is 127. The van der Waals surface area contributed by atoms with Gasteiger partial charge in [-0.3, -0.25) is 4.79 Å². The number of anilines is 2. The van der Waals surface area contributed by atoms with E-state index < -0.39 is 23.9 Å². The fourth-order valence-corrected chi connectivity index (χ4v) is 3.30. The molecule has 0 spiro atoms. The summed E-state index contributed by atoms with van der Waals surface area (Å²) in [5.74, 6) is -1.89. The van der Waals surface area contributed by atoms with Crippen LogP contribution in [0, 0.1) is 3.57 Å². The Labute approximate surface area is 179 Å². The normalized spacial score (nSPS) is 16.2. The molecule has 2 N–H and O–H groups in total. The molecule has 1 saturated heterocycles. The van der Waals surface area contributed by atoms with E-state index in [9.17, 15) is 19.5 Å². The highest BCUT2D eigenvalue weighted by molar-refractivity contribution is 14.1. The van der Waals surface area contributed by atoms with Gasteiger partial charge < -0.3 is 20.5 Å². The Morgan fingerprint density at radius 1 is 1.25 bits per heavy atom. The lowest BCUT2D eigenvalue weighted by Crippen LogP contribution is -2.40. The Hall–Kier alpha value is -2.59. The molecule has 0 aliphatic carbocycles. The summed E-state index contributed by atoms with van der Waals surface area (Å²) in [6.07, 6.45) is 1.29. The van der Waals surface area contributed by atoms with Crippen molar-refractivity contribution in [1.82, 2.24) is 5.32 Å². The van der Waals surface area contributed by atoms with E-state index in [2.05, 4.69) is 10.6 Å². The first-order valence-electron chi connectivity index (χ1n) is 8.20. The monoisotopic (exact) mass is 510 g/mol. The van der Waals surface area contributed by atoms with Crippen LogP contribution in [0.4, 0.5) is 16.2 Å².